The minimum Gasteiger partial charge on any atom is -0.507 e. The molecule has 11 rings (SSSR count). The zero-order valence-electron chi connectivity index (χ0n) is 40.3. The summed E-state index contributed by atoms with van der Waals surface area (Å²) in [7, 11) is 0. The topological polar surface area (TPSA) is 55.9 Å². The summed E-state index contributed by atoms with van der Waals surface area (Å²) in [6.07, 6.45) is 6.88. The minimum atomic E-state index is -0.166. The second-order valence-electron chi connectivity index (χ2n) is 22.3. The van der Waals surface area contributed by atoms with E-state index in [0.29, 0.717) is 17.3 Å². The first-order valence-corrected chi connectivity index (χ1v) is 24.0. The van der Waals surface area contributed by atoms with Crippen LogP contribution in [-0.4, -0.2) is 24.2 Å². The molecule has 3 aromatic heterocycles. The molecule has 0 aliphatic heterocycles. The predicted molar refractivity (Wildman–Crippen MR) is 274 cm³/mol. The van der Waals surface area contributed by atoms with E-state index in [1.165, 1.54) is 42.4 Å². The fourth-order valence-electron chi connectivity index (χ4n) is 12.6. The molecule has 2 aliphatic rings. The third kappa shape index (κ3) is 7.30. The molecule has 0 radical (unpaired) electrons. The maximum absolute atomic E-state index is 12.5. The van der Waals surface area contributed by atoms with Crippen LogP contribution in [-0.2, 0) is 37.3 Å². The minimum absolute atomic E-state index is 0. The summed E-state index contributed by atoms with van der Waals surface area (Å²) in [6.45, 7) is 21.4. The van der Waals surface area contributed by atoms with E-state index >= 15 is 0 Å². The van der Waals surface area contributed by atoms with Crippen molar-refractivity contribution in [1.82, 2.24) is 19.1 Å². The van der Waals surface area contributed by atoms with Crippen LogP contribution in [0.25, 0.3) is 78.0 Å². The van der Waals surface area contributed by atoms with Crippen molar-refractivity contribution >= 4 is 33.0 Å². The van der Waals surface area contributed by atoms with E-state index in [4.69, 9.17) is 9.97 Å². The normalized spacial score (nSPS) is 17.8. The summed E-state index contributed by atoms with van der Waals surface area (Å²) in [5.41, 5.74) is 14.4. The molecule has 3 heterocycles. The van der Waals surface area contributed by atoms with E-state index in [9.17, 15) is 5.11 Å². The van der Waals surface area contributed by atoms with Gasteiger partial charge in [0.15, 0.2) is 0 Å². The van der Waals surface area contributed by atoms with Crippen LogP contribution >= 0.6 is 0 Å². The first kappa shape index (κ1) is 45.0. The van der Waals surface area contributed by atoms with E-state index in [-0.39, 0.29) is 43.1 Å². The Balaban J connectivity index is 0.00000525. The third-order valence-electron chi connectivity index (χ3n) is 15.8. The summed E-state index contributed by atoms with van der Waals surface area (Å²) in [6, 6.07) is 51.3. The van der Waals surface area contributed by atoms with Gasteiger partial charge in [0.25, 0.3) is 0 Å². The standard InChI is InChI=1S/C61H61N4O.Pt/c1-58(2,3)41-33-40(34-42(35-41)64-51-26-16-14-22-45(51)46-24-18-32-62-56(46)64)44-23-17-27-52-54(44)63-57(65(52)50-25-15-13-21-43(50)38-19-11-10-12-20-38)47-36-48-49(37-53(47)66)61(8,9)55(60(48,6)7)39-28-30-59(4,5)31-29-39;/h10-27,32-33,35-37,39,55,66H,28-31H2,1-9H3;/q-1;. The number of hydrogen-bond donors (Lipinski definition) is 1. The second-order valence-corrected chi connectivity index (χ2v) is 22.3. The largest absolute Gasteiger partial charge is 0.507 e. The molecule has 2 aliphatic carbocycles. The number of imidazole rings is 1. The van der Waals surface area contributed by atoms with Gasteiger partial charge in [-0.2, -0.15) is 0 Å². The van der Waals surface area contributed by atoms with E-state index in [1.54, 1.807) is 0 Å². The number of pyridine rings is 1. The van der Waals surface area contributed by atoms with E-state index in [1.807, 2.05) is 12.3 Å². The number of phenols is 1. The van der Waals surface area contributed by atoms with Crippen LogP contribution in [0.5, 0.6) is 5.75 Å². The second kappa shape index (κ2) is 16.2. The molecule has 0 spiro atoms. The molecule has 6 aromatic carbocycles. The molecule has 1 fully saturated rings. The van der Waals surface area contributed by atoms with Crippen molar-refractivity contribution < 1.29 is 26.2 Å². The first-order valence-electron chi connectivity index (χ1n) is 24.0. The number of fused-ring (bicyclic) bond motifs is 5. The molecule has 1 atom stereocenters. The van der Waals surface area contributed by atoms with Crippen LogP contribution in [0.1, 0.15) is 105 Å². The number of aromatic hydroxyl groups is 1. The summed E-state index contributed by atoms with van der Waals surface area (Å²) in [5, 5.41) is 14.8. The van der Waals surface area contributed by atoms with Crippen molar-refractivity contribution in [2.75, 3.05) is 0 Å². The quantitative estimate of drug-likeness (QED) is 0.169. The molecule has 342 valence electrons. The van der Waals surface area contributed by atoms with Gasteiger partial charge in [-0.15, -0.1) is 29.3 Å². The summed E-state index contributed by atoms with van der Waals surface area (Å²) >= 11 is 0. The Morgan fingerprint density at radius 2 is 1.28 bits per heavy atom. The Labute approximate surface area is 410 Å². The van der Waals surface area contributed by atoms with Crippen molar-refractivity contribution in [3.05, 3.63) is 162 Å². The van der Waals surface area contributed by atoms with Crippen molar-refractivity contribution in [3.8, 4) is 50.8 Å². The molecular weight excluding hydrogens is 1000 g/mol. The van der Waals surface area contributed by atoms with Crippen molar-refractivity contribution in [2.24, 2.45) is 17.3 Å². The number of aromatic nitrogens is 4. The Bertz CT molecular complexity index is 3300. The maximum atomic E-state index is 12.5. The molecule has 1 N–H and O–H groups in total. The van der Waals surface area contributed by atoms with Gasteiger partial charge in [-0.3, -0.25) is 4.57 Å². The van der Waals surface area contributed by atoms with E-state index in [2.05, 4.69) is 205 Å². The number of para-hydroxylation sites is 3. The van der Waals surface area contributed by atoms with E-state index in [0.717, 1.165) is 78.0 Å². The fraction of sp³-hybridized carbons (Fsp3) is 0.311. The number of rotatable bonds is 6. The fourth-order valence-corrected chi connectivity index (χ4v) is 12.6. The van der Waals surface area contributed by atoms with E-state index < -0.39 is 0 Å². The molecule has 0 bridgehead atoms. The molecular formula is C61H61N4OPt-. The molecule has 9 aromatic rings. The van der Waals surface area contributed by atoms with Gasteiger partial charge in [0, 0.05) is 43.6 Å². The van der Waals surface area contributed by atoms with Crippen LogP contribution in [0.3, 0.4) is 0 Å². The predicted octanol–water partition coefficient (Wildman–Crippen LogP) is 15.7. The SMILES string of the molecule is CC1(C)CCC(C2C(C)(C)c3cc(O)c(-c4nc5c(-c6[c-]c(-n7c8ccccc8c8cccnc87)cc(C(C)(C)C)c6)cccc5n4-c4ccccc4-c4ccccc4)cc3C2(C)C)CC1.[Pt]. The Kier molecular flexibility index (Phi) is 10.9. The maximum Gasteiger partial charge on any atom is 0.148 e. The molecule has 6 heteroatoms. The number of hydrogen-bond acceptors (Lipinski definition) is 3. The van der Waals surface area contributed by atoms with Crippen LogP contribution in [0.2, 0.25) is 0 Å². The zero-order chi connectivity index (χ0) is 45.9. The summed E-state index contributed by atoms with van der Waals surface area (Å²) < 4.78 is 4.55. The van der Waals surface area contributed by atoms with Gasteiger partial charge in [-0.25, -0.2) is 9.97 Å². The molecule has 0 amide bonds. The van der Waals surface area contributed by atoms with Crippen molar-refractivity contribution in [2.45, 2.75) is 104 Å². The summed E-state index contributed by atoms with van der Waals surface area (Å²) in [5.74, 6) is 2.05. The molecule has 0 saturated heterocycles. The van der Waals surface area contributed by atoms with Gasteiger partial charge < -0.3 is 9.67 Å². The molecule has 67 heavy (non-hydrogen) atoms. The summed E-state index contributed by atoms with van der Waals surface area (Å²) in [4.78, 5) is 10.7. The number of benzene rings is 6. The first-order chi connectivity index (χ1) is 31.5. The average molecular weight is 1060 g/mol. The Morgan fingerprint density at radius 3 is 2.03 bits per heavy atom. The number of phenolic OH excluding ortho intramolecular Hbond substituents is 1. The average Bonchev–Trinajstić information content (AvgIpc) is 3.90. The van der Waals surface area contributed by atoms with Crippen molar-refractivity contribution in [1.29, 1.82) is 0 Å². The number of nitrogens with zero attached hydrogens (tertiary/aromatic N) is 4. The van der Waals surface area contributed by atoms with Crippen LogP contribution in [0.15, 0.2) is 140 Å². The van der Waals surface area contributed by atoms with Gasteiger partial charge in [0.05, 0.1) is 27.8 Å². The van der Waals surface area contributed by atoms with Gasteiger partial charge in [-0.1, -0.05) is 147 Å². The van der Waals surface area contributed by atoms with Gasteiger partial charge in [-0.05, 0) is 124 Å². The van der Waals surface area contributed by atoms with Crippen molar-refractivity contribution in [3.63, 3.8) is 0 Å². The van der Waals surface area contributed by atoms with Gasteiger partial charge in [0.2, 0.25) is 0 Å². The van der Waals surface area contributed by atoms with Gasteiger partial charge >= 0.3 is 0 Å². The smallest absolute Gasteiger partial charge is 0.148 e. The van der Waals surface area contributed by atoms with Crippen LogP contribution in [0.4, 0.5) is 0 Å². The Morgan fingerprint density at radius 1 is 0.642 bits per heavy atom. The van der Waals surface area contributed by atoms with Crippen LogP contribution < -0.4 is 0 Å². The molecule has 1 unspecified atom stereocenters. The Hall–Kier alpha value is -5.77. The third-order valence-corrected chi connectivity index (χ3v) is 15.8. The molecule has 5 nitrogen and oxygen atoms in total. The van der Waals surface area contributed by atoms with Crippen LogP contribution in [0, 0.1) is 23.3 Å². The monoisotopic (exact) mass is 1060 g/mol. The zero-order valence-corrected chi connectivity index (χ0v) is 42.6. The van der Waals surface area contributed by atoms with Gasteiger partial charge in [0.1, 0.15) is 17.2 Å². The molecule has 1 saturated carbocycles.